The van der Waals surface area contributed by atoms with Gasteiger partial charge in [0.2, 0.25) is 0 Å². The van der Waals surface area contributed by atoms with E-state index in [-0.39, 0.29) is 11.8 Å². The van der Waals surface area contributed by atoms with Gasteiger partial charge in [0.1, 0.15) is 0 Å². The summed E-state index contributed by atoms with van der Waals surface area (Å²) in [6.45, 7) is 0. The van der Waals surface area contributed by atoms with Crippen molar-refractivity contribution in [3.8, 4) is 0 Å². The molecule has 22 heavy (non-hydrogen) atoms. The Balaban J connectivity index is 1.99. The van der Waals surface area contributed by atoms with E-state index in [2.05, 4.69) is 31.9 Å². The van der Waals surface area contributed by atoms with Gasteiger partial charge in [0, 0.05) is 11.4 Å². The first-order valence-corrected chi connectivity index (χ1v) is 8.49. The van der Waals surface area contributed by atoms with Crippen LogP contribution >= 0.6 is 31.9 Å². The Morgan fingerprint density at radius 3 is 1.27 bits per heavy atom. The summed E-state index contributed by atoms with van der Waals surface area (Å²) in [5, 5.41) is 0. The quantitative estimate of drug-likeness (QED) is 0.547. The predicted molar refractivity (Wildman–Crippen MR) is 93.3 cm³/mol. The number of benzene rings is 2. The van der Waals surface area contributed by atoms with Gasteiger partial charge in [0.15, 0.2) is 9.90 Å². The average molecular weight is 424 g/mol. The number of anilines is 2. The standard InChI is InChI=1S/C16H12Br2N2O2/c17-13-16(22)20(12-9-5-2-6-10-12)14(18)15(21)19(13)11-7-3-1-4-8-11/h1-10,13-14H. The third-order valence-corrected chi connectivity index (χ3v) is 5.01. The summed E-state index contributed by atoms with van der Waals surface area (Å²) in [4.78, 5) is 26.9. The van der Waals surface area contributed by atoms with Gasteiger partial charge in [0.05, 0.1) is 0 Å². The highest BCUT2D eigenvalue weighted by molar-refractivity contribution is 9.10. The predicted octanol–water partition coefficient (Wildman–Crippen LogP) is 3.51. The molecule has 1 aliphatic heterocycles. The van der Waals surface area contributed by atoms with Crippen LogP contribution in [0.4, 0.5) is 11.4 Å². The fraction of sp³-hybridized carbons (Fsp3) is 0.125. The van der Waals surface area contributed by atoms with Gasteiger partial charge in [-0.05, 0) is 24.3 Å². The molecule has 0 N–H and O–H groups in total. The van der Waals surface area contributed by atoms with E-state index in [4.69, 9.17) is 0 Å². The number of carbonyl (C=O) groups is 2. The normalized spacial score (nSPS) is 22.1. The summed E-state index contributed by atoms with van der Waals surface area (Å²) in [6, 6.07) is 18.3. The van der Waals surface area contributed by atoms with Crippen molar-refractivity contribution in [3.63, 3.8) is 0 Å². The molecular formula is C16H12Br2N2O2. The van der Waals surface area contributed by atoms with Crippen molar-refractivity contribution in [3.05, 3.63) is 60.7 Å². The molecule has 3 rings (SSSR count). The summed E-state index contributed by atoms with van der Waals surface area (Å²) in [6.07, 6.45) is 0. The molecule has 0 saturated carbocycles. The minimum absolute atomic E-state index is 0.198. The van der Waals surface area contributed by atoms with Crippen LogP contribution in [0.5, 0.6) is 0 Å². The van der Waals surface area contributed by atoms with Gasteiger partial charge in [-0.2, -0.15) is 0 Å². The summed E-state index contributed by atoms with van der Waals surface area (Å²) < 4.78 is 0. The van der Waals surface area contributed by atoms with E-state index in [1.807, 2.05) is 36.4 Å². The summed E-state index contributed by atoms with van der Waals surface area (Å²) >= 11 is 6.71. The van der Waals surface area contributed by atoms with E-state index in [0.29, 0.717) is 11.4 Å². The van der Waals surface area contributed by atoms with E-state index in [1.54, 1.807) is 24.3 Å². The molecule has 2 atom stereocenters. The molecule has 2 aromatic rings. The Morgan fingerprint density at radius 2 is 0.955 bits per heavy atom. The molecule has 4 nitrogen and oxygen atoms in total. The molecule has 1 heterocycles. The lowest BCUT2D eigenvalue weighted by Gasteiger charge is -2.40. The second kappa shape index (κ2) is 6.22. The lowest BCUT2D eigenvalue weighted by molar-refractivity contribution is -0.127. The second-order valence-corrected chi connectivity index (χ2v) is 6.49. The molecule has 0 aromatic heterocycles. The third-order valence-electron chi connectivity index (χ3n) is 3.40. The van der Waals surface area contributed by atoms with Gasteiger partial charge in [-0.1, -0.05) is 68.3 Å². The Kier molecular flexibility index (Phi) is 4.31. The van der Waals surface area contributed by atoms with Crippen molar-refractivity contribution < 1.29 is 9.59 Å². The van der Waals surface area contributed by atoms with E-state index in [1.165, 1.54) is 9.80 Å². The fourth-order valence-electron chi connectivity index (χ4n) is 2.37. The number of halogens is 2. The molecular weight excluding hydrogens is 412 g/mol. The van der Waals surface area contributed by atoms with Gasteiger partial charge >= 0.3 is 0 Å². The molecule has 6 heteroatoms. The molecule has 1 fully saturated rings. The maximum atomic E-state index is 12.7. The number of amides is 2. The molecule has 1 saturated heterocycles. The Labute approximate surface area is 145 Å². The van der Waals surface area contributed by atoms with Crippen LogP contribution in [0.15, 0.2) is 60.7 Å². The number of rotatable bonds is 2. The van der Waals surface area contributed by atoms with Crippen molar-refractivity contribution >= 4 is 55.0 Å². The monoisotopic (exact) mass is 422 g/mol. The second-order valence-electron chi connectivity index (χ2n) is 4.76. The topological polar surface area (TPSA) is 40.6 Å². The molecule has 2 amide bonds. The molecule has 0 spiro atoms. The maximum Gasteiger partial charge on any atom is 0.262 e. The first kappa shape index (κ1) is 15.2. The van der Waals surface area contributed by atoms with Crippen LogP contribution in [0, 0.1) is 0 Å². The van der Waals surface area contributed by atoms with Crippen LogP contribution in [0.2, 0.25) is 0 Å². The number of hydrogen-bond donors (Lipinski definition) is 0. The molecule has 0 bridgehead atoms. The lowest BCUT2D eigenvalue weighted by atomic mass is 10.2. The molecule has 1 aliphatic rings. The zero-order valence-corrected chi connectivity index (χ0v) is 14.6. The van der Waals surface area contributed by atoms with Gasteiger partial charge < -0.3 is 0 Å². The van der Waals surface area contributed by atoms with Crippen molar-refractivity contribution in [2.75, 3.05) is 9.80 Å². The van der Waals surface area contributed by atoms with Crippen LogP contribution in [0.3, 0.4) is 0 Å². The Morgan fingerprint density at radius 1 is 0.636 bits per heavy atom. The Bertz CT molecular complexity index is 632. The number of alkyl halides is 2. The zero-order valence-electron chi connectivity index (χ0n) is 11.4. The third kappa shape index (κ3) is 2.57. The van der Waals surface area contributed by atoms with E-state index in [9.17, 15) is 9.59 Å². The summed E-state index contributed by atoms with van der Waals surface area (Å²) in [5.41, 5.74) is 1.36. The van der Waals surface area contributed by atoms with Gasteiger partial charge in [0.25, 0.3) is 11.8 Å². The highest BCUT2D eigenvalue weighted by Crippen LogP contribution is 2.33. The van der Waals surface area contributed by atoms with Gasteiger partial charge in [-0.15, -0.1) is 0 Å². The molecule has 112 valence electrons. The summed E-state index contributed by atoms with van der Waals surface area (Å²) in [7, 11) is 0. The maximum absolute atomic E-state index is 12.7. The fourth-order valence-corrected chi connectivity index (χ4v) is 3.68. The molecule has 0 aliphatic carbocycles. The smallest absolute Gasteiger partial charge is 0.262 e. The minimum Gasteiger partial charge on any atom is -0.288 e. The first-order chi connectivity index (χ1) is 10.6. The zero-order chi connectivity index (χ0) is 15.7. The van der Waals surface area contributed by atoms with Crippen molar-refractivity contribution in [2.45, 2.75) is 9.90 Å². The van der Waals surface area contributed by atoms with Crippen molar-refractivity contribution in [1.82, 2.24) is 0 Å². The number of nitrogens with zero attached hydrogens (tertiary/aromatic N) is 2. The SMILES string of the molecule is O=C1C(Br)N(c2ccccc2)C(=O)C(Br)N1c1ccccc1. The van der Waals surface area contributed by atoms with Crippen LogP contribution in [-0.4, -0.2) is 21.7 Å². The number of para-hydroxylation sites is 2. The van der Waals surface area contributed by atoms with Crippen LogP contribution in [0.25, 0.3) is 0 Å². The molecule has 2 unspecified atom stereocenters. The van der Waals surface area contributed by atoms with Gasteiger partial charge in [-0.3, -0.25) is 19.4 Å². The summed E-state index contributed by atoms with van der Waals surface area (Å²) in [5.74, 6) is -0.395. The first-order valence-electron chi connectivity index (χ1n) is 6.65. The molecule has 0 radical (unpaired) electrons. The van der Waals surface area contributed by atoms with Crippen molar-refractivity contribution in [2.24, 2.45) is 0 Å². The van der Waals surface area contributed by atoms with E-state index < -0.39 is 9.90 Å². The number of carbonyl (C=O) groups excluding carboxylic acids is 2. The molecule has 2 aromatic carbocycles. The van der Waals surface area contributed by atoms with Crippen LogP contribution in [0.1, 0.15) is 0 Å². The van der Waals surface area contributed by atoms with Crippen LogP contribution in [-0.2, 0) is 9.59 Å². The largest absolute Gasteiger partial charge is 0.288 e. The minimum atomic E-state index is -0.739. The number of hydrogen-bond acceptors (Lipinski definition) is 2. The van der Waals surface area contributed by atoms with E-state index >= 15 is 0 Å². The highest BCUT2D eigenvalue weighted by Gasteiger charge is 2.45. The average Bonchev–Trinajstić information content (AvgIpc) is 2.55. The Hall–Kier alpha value is -1.66. The van der Waals surface area contributed by atoms with Crippen LogP contribution < -0.4 is 9.80 Å². The lowest BCUT2D eigenvalue weighted by Crippen LogP contribution is -2.61. The number of piperazine rings is 1. The highest BCUT2D eigenvalue weighted by atomic mass is 79.9. The van der Waals surface area contributed by atoms with Crippen molar-refractivity contribution in [1.29, 1.82) is 0 Å². The van der Waals surface area contributed by atoms with Gasteiger partial charge in [-0.25, -0.2) is 0 Å². The van der Waals surface area contributed by atoms with E-state index in [0.717, 1.165) is 0 Å².